The van der Waals surface area contributed by atoms with Crippen LogP contribution in [0.5, 0.6) is 0 Å². The summed E-state index contributed by atoms with van der Waals surface area (Å²) in [5.41, 5.74) is 1.99. The van der Waals surface area contributed by atoms with Crippen LogP contribution in [0, 0.1) is 0 Å². The minimum Gasteiger partial charge on any atom is -0.317 e. The Labute approximate surface area is 105 Å². The van der Waals surface area contributed by atoms with Crippen molar-refractivity contribution in [3.8, 4) is 0 Å². The van der Waals surface area contributed by atoms with Crippen molar-refractivity contribution in [1.29, 1.82) is 0 Å². The van der Waals surface area contributed by atoms with Crippen LogP contribution >= 0.6 is 15.9 Å². The van der Waals surface area contributed by atoms with Crippen molar-refractivity contribution in [3.05, 3.63) is 46.6 Å². The summed E-state index contributed by atoms with van der Waals surface area (Å²) >= 11 is 3.49. The van der Waals surface area contributed by atoms with Gasteiger partial charge in [-0.3, -0.25) is 4.79 Å². The van der Waals surface area contributed by atoms with Gasteiger partial charge in [-0.25, -0.2) is 0 Å². The Bertz CT molecular complexity index is 387. The molecule has 16 heavy (non-hydrogen) atoms. The molecule has 1 aromatic rings. The molecule has 0 aliphatic heterocycles. The highest BCUT2D eigenvalue weighted by molar-refractivity contribution is 9.10. The van der Waals surface area contributed by atoms with E-state index in [4.69, 9.17) is 0 Å². The number of amides is 1. The Kier molecular flexibility index (Phi) is 4.74. The smallest absolute Gasteiger partial charge is 0.223 e. The number of halogens is 1. The van der Waals surface area contributed by atoms with Gasteiger partial charge in [0.15, 0.2) is 0 Å². The normalized spacial score (nSPS) is 9.94. The maximum Gasteiger partial charge on any atom is 0.223 e. The quantitative estimate of drug-likeness (QED) is 0.829. The first kappa shape index (κ1) is 13.0. The number of hydrogen-bond donors (Lipinski definition) is 0. The van der Waals surface area contributed by atoms with Crippen molar-refractivity contribution in [2.75, 3.05) is 6.54 Å². The summed E-state index contributed by atoms with van der Waals surface area (Å²) in [6, 6.07) is 8.04. The molecule has 0 spiro atoms. The van der Waals surface area contributed by atoms with Gasteiger partial charge >= 0.3 is 0 Å². The van der Waals surface area contributed by atoms with Crippen LogP contribution in [0.3, 0.4) is 0 Å². The third-order valence-corrected chi connectivity index (χ3v) is 3.18. The highest BCUT2D eigenvalue weighted by Gasteiger charge is 2.09. The Morgan fingerprint density at radius 2 is 2.00 bits per heavy atom. The molecule has 1 aromatic carbocycles. The second-order valence-corrected chi connectivity index (χ2v) is 4.60. The van der Waals surface area contributed by atoms with Crippen molar-refractivity contribution in [2.24, 2.45) is 0 Å². The lowest BCUT2D eigenvalue weighted by Crippen LogP contribution is -2.28. The van der Waals surface area contributed by atoms with E-state index in [0.29, 0.717) is 6.54 Å². The molecule has 0 radical (unpaired) electrons. The average molecular weight is 282 g/mol. The van der Waals surface area contributed by atoms with Crippen LogP contribution in [0.2, 0.25) is 0 Å². The summed E-state index contributed by atoms with van der Waals surface area (Å²) in [5, 5.41) is 0. The van der Waals surface area contributed by atoms with E-state index in [2.05, 4.69) is 28.6 Å². The molecular weight excluding hydrogens is 266 g/mol. The van der Waals surface area contributed by atoms with Gasteiger partial charge in [0.2, 0.25) is 5.91 Å². The van der Waals surface area contributed by atoms with Crippen molar-refractivity contribution < 1.29 is 4.79 Å². The molecule has 3 heteroatoms. The zero-order valence-electron chi connectivity index (χ0n) is 9.66. The summed E-state index contributed by atoms with van der Waals surface area (Å²) < 4.78 is 1.08. The van der Waals surface area contributed by atoms with E-state index in [1.807, 2.05) is 25.1 Å². The first-order valence-corrected chi connectivity index (χ1v) is 5.98. The molecule has 0 aliphatic carbocycles. The Morgan fingerprint density at radius 1 is 1.38 bits per heavy atom. The molecule has 0 bridgehead atoms. The number of allylic oxidation sites excluding steroid dienone is 1. The molecule has 0 aromatic heterocycles. The summed E-state index contributed by atoms with van der Waals surface area (Å²) in [7, 11) is 0. The molecule has 0 unspecified atom stereocenters. The van der Waals surface area contributed by atoms with Crippen LogP contribution in [-0.2, 0) is 11.2 Å². The molecule has 0 saturated carbocycles. The van der Waals surface area contributed by atoms with Gasteiger partial charge in [0.05, 0.1) is 0 Å². The SMILES string of the molecule is C=C(C)N(CCc1ccccc1Br)C(C)=O. The minimum atomic E-state index is 0.0413. The Morgan fingerprint density at radius 3 is 2.50 bits per heavy atom. The van der Waals surface area contributed by atoms with Crippen molar-refractivity contribution in [3.63, 3.8) is 0 Å². The second-order valence-electron chi connectivity index (χ2n) is 3.75. The third-order valence-electron chi connectivity index (χ3n) is 2.40. The summed E-state index contributed by atoms with van der Waals surface area (Å²) in [6.45, 7) is 7.89. The lowest BCUT2D eigenvalue weighted by molar-refractivity contribution is -0.126. The van der Waals surface area contributed by atoms with Crippen molar-refractivity contribution in [1.82, 2.24) is 4.90 Å². The van der Waals surface area contributed by atoms with Gasteiger partial charge in [-0.15, -0.1) is 0 Å². The first-order chi connectivity index (χ1) is 7.52. The van der Waals surface area contributed by atoms with Gasteiger partial charge < -0.3 is 4.90 Å². The molecule has 1 amide bonds. The number of carbonyl (C=O) groups is 1. The van der Waals surface area contributed by atoms with E-state index in [-0.39, 0.29) is 5.91 Å². The average Bonchev–Trinajstić information content (AvgIpc) is 2.20. The molecule has 0 heterocycles. The van der Waals surface area contributed by atoms with Crippen LogP contribution in [0.15, 0.2) is 41.0 Å². The largest absolute Gasteiger partial charge is 0.317 e. The standard InChI is InChI=1S/C13H16BrNO/c1-10(2)15(11(3)16)9-8-12-6-4-5-7-13(12)14/h4-7H,1,8-9H2,2-3H3. The molecule has 1 rings (SSSR count). The fraction of sp³-hybridized carbons (Fsp3) is 0.308. The first-order valence-electron chi connectivity index (χ1n) is 5.19. The number of hydrogen-bond acceptors (Lipinski definition) is 1. The predicted molar refractivity (Wildman–Crippen MR) is 70.0 cm³/mol. The van der Waals surface area contributed by atoms with Gasteiger partial charge in [0.25, 0.3) is 0 Å². The van der Waals surface area contributed by atoms with Crippen LogP contribution < -0.4 is 0 Å². The molecular formula is C13H16BrNO. The maximum absolute atomic E-state index is 11.3. The minimum absolute atomic E-state index is 0.0413. The summed E-state index contributed by atoms with van der Waals surface area (Å²) in [6.07, 6.45) is 0.827. The summed E-state index contributed by atoms with van der Waals surface area (Å²) in [5.74, 6) is 0.0413. The lowest BCUT2D eigenvalue weighted by atomic mass is 10.1. The summed E-state index contributed by atoms with van der Waals surface area (Å²) in [4.78, 5) is 13.0. The zero-order valence-corrected chi connectivity index (χ0v) is 11.3. The molecule has 0 fully saturated rings. The zero-order chi connectivity index (χ0) is 12.1. The molecule has 0 atom stereocenters. The van der Waals surface area contributed by atoms with Crippen molar-refractivity contribution in [2.45, 2.75) is 20.3 Å². The number of nitrogens with zero attached hydrogens (tertiary/aromatic N) is 1. The van der Waals surface area contributed by atoms with Gasteiger partial charge in [-0.2, -0.15) is 0 Å². The number of carbonyl (C=O) groups excluding carboxylic acids is 1. The molecule has 0 N–H and O–H groups in total. The molecule has 2 nitrogen and oxygen atoms in total. The van der Waals surface area contributed by atoms with Crippen LogP contribution in [-0.4, -0.2) is 17.4 Å². The highest BCUT2D eigenvalue weighted by atomic mass is 79.9. The predicted octanol–water partition coefficient (Wildman–Crippen LogP) is 3.37. The van der Waals surface area contributed by atoms with E-state index >= 15 is 0 Å². The molecule has 0 aliphatic rings. The van der Waals surface area contributed by atoms with E-state index in [1.165, 1.54) is 5.56 Å². The van der Waals surface area contributed by atoms with Gasteiger partial charge in [-0.1, -0.05) is 40.7 Å². The third kappa shape index (κ3) is 3.49. The van der Waals surface area contributed by atoms with Crippen molar-refractivity contribution >= 4 is 21.8 Å². The van der Waals surface area contributed by atoms with Gasteiger partial charge in [0, 0.05) is 23.6 Å². The monoisotopic (exact) mass is 281 g/mol. The topological polar surface area (TPSA) is 20.3 Å². The molecule has 0 saturated heterocycles. The van der Waals surface area contributed by atoms with E-state index in [1.54, 1.807) is 11.8 Å². The van der Waals surface area contributed by atoms with Crippen LogP contribution in [0.4, 0.5) is 0 Å². The fourth-order valence-corrected chi connectivity index (χ4v) is 2.03. The Hall–Kier alpha value is -1.09. The Balaban J connectivity index is 2.66. The second kappa shape index (κ2) is 5.85. The van der Waals surface area contributed by atoms with Crippen LogP contribution in [0.1, 0.15) is 19.4 Å². The number of rotatable bonds is 4. The van der Waals surface area contributed by atoms with E-state index in [0.717, 1.165) is 16.6 Å². The van der Waals surface area contributed by atoms with E-state index in [9.17, 15) is 4.79 Å². The maximum atomic E-state index is 11.3. The van der Waals surface area contributed by atoms with Crippen LogP contribution in [0.25, 0.3) is 0 Å². The van der Waals surface area contributed by atoms with Gasteiger partial charge in [0.1, 0.15) is 0 Å². The van der Waals surface area contributed by atoms with Gasteiger partial charge in [-0.05, 0) is 25.0 Å². The lowest BCUT2D eigenvalue weighted by Gasteiger charge is -2.21. The van der Waals surface area contributed by atoms with E-state index < -0.39 is 0 Å². The number of benzene rings is 1. The fourth-order valence-electron chi connectivity index (χ4n) is 1.55. The molecule has 86 valence electrons. The highest BCUT2D eigenvalue weighted by Crippen LogP contribution is 2.17.